The van der Waals surface area contributed by atoms with Crippen molar-refractivity contribution in [3.05, 3.63) is 0 Å². The van der Waals surface area contributed by atoms with Gasteiger partial charge in [0.05, 0.1) is 20.1 Å². The molecule has 1 unspecified atom stereocenters. The number of hydrogen-bond donors (Lipinski definition) is 0. The number of alkyl halides is 1. The Labute approximate surface area is 125 Å². The predicted molar refractivity (Wildman–Crippen MR) is 70.3 cm³/mol. The molecule has 0 aliphatic heterocycles. The summed E-state index contributed by atoms with van der Waals surface area (Å²) in [6.07, 6.45) is 9.38. The number of halogens is 2. The van der Waals surface area contributed by atoms with E-state index in [0.717, 1.165) is 10.5 Å². The Bertz CT molecular complexity index is 144. The summed E-state index contributed by atoms with van der Waals surface area (Å²) in [4.78, 5) is 0. The summed E-state index contributed by atoms with van der Waals surface area (Å²) in [5, 5.41) is 0. The van der Waals surface area contributed by atoms with Gasteiger partial charge in [-0.1, -0.05) is 44.7 Å². The number of hydrogen-bond acceptors (Lipinski definition) is 0. The summed E-state index contributed by atoms with van der Waals surface area (Å²) in [6.45, 7) is 7.03. The third-order valence-electron chi connectivity index (χ3n) is 3.14. The molecule has 0 N–H and O–H groups in total. The van der Waals surface area contributed by atoms with Crippen molar-refractivity contribution in [2.45, 2.75) is 58.8 Å². The maximum absolute atomic E-state index is 6.07. The van der Waals surface area contributed by atoms with Crippen molar-refractivity contribution >= 4 is 11.6 Å². The van der Waals surface area contributed by atoms with Crippen LogP contribution in [0.25, 0.3) is 0 Å². The van der Waals surface area contributed by atoms with E-state index < -0.39 is 0 Å². The Morgan fingerprint density at radius 2 is 1.25 bits per heavy atom. The first-order chi connectivity index (χ1) is 7.18. The fraction of sp³-hybridized carbons (Fsp3) is 1.00. The summed E-state index contributed by atoms with van der Waals surface area (Å²) in [6, 6.07) is 0.774. The molecule has 0 bridgehead atoms. The third-order valence-corrected chi connectivity index (χ3v) is 3.72. The highest BCUT2D eigenvalue weighted by atomic mass is 127. The van der Waals surface area contributed by atoms with Crippen LogP contribution in [-0.2, 0) is 0 Å². The van der Waals surface area contributed by atoms with Crippen LogP contribution >= 0.6 is 11.6 Å². The molecule has 0 fully saturated rings. The van der Waals surface area contributed by atoms with Crippen molar-refractivity contribution < 1.29 is 28.5 Å². The molecule has 1 atom stereocenters. The maximum Gasteiger partial charge on any atom is 0.154 e. The van der Waals surface area contributed by atoms with E-state index >= 15 is 0 Å². The summed E-state index contributed by atoms with van der Waals surface area (Å²) in [5.74, 6) is 0. The van der Waals surface area contributed by atoms with Crippen LogP contribution in [0.4, 0.5) is 0 Å². The van der Waals surface area contributed by atoms with Crippen LogP contribution in [0.2, 0.25) is 0 Å². The van der Waals surface area contributed by atoms with Gasteiger partial charge in [0.1, 0.15) is 0 Å². The average molecular weight is 362 g/mol. The van der Waals surface area contributed by atoms with Crippen LogP contribution in [0, 0.1) is 0 Å². The molecule has 0 rings (SSSR count). The third kappa shape index (κ3) is 10.2. The lowest BCUT2D eigenvalue weighted by atomic mass is 10.1. The van der Waals surface area contributed by atoms with Gasteiger partial charge in [0.25, 0.3) is 0 Å². The number of rotatable bonds is 10. The van der Waals surface area contributed by atoms with E-state index in [0.29, 0.717) is 0 Å². The van der Waals surface area contributed by atoms with Gasteiger partial charge in [-0.25, -0.2) is 0 Å². The molecule has 0 radical (unpaired) electrons. The van der Waals surface area contributed by atoms with E-state index in [2.05, 4.69) is 20.9 Å². The van der Waals surface area contributed by atoms with Crippen molar-refractivity contribution in [3.63, 3.8) is 0 Å². The Morgan fingerprint density at radius 3 is 1.69 bits per heavy atom. The zero-order valence-electron chi connectivity index (χ0n) is 11.3. The highest BCUT2D eigenvalue weighted by Crippen LogP contribution is 2.12. The van der Waals surface area contributed by atoms with Gasteiger partial charge in [-0.05, 0) is 25.7 Å². The molecule has 16 heavy (non-hydrogen) atoms. The molecule has 0 aromatic heterocycles. The molecule has 0 spiro atoms. The van der Waals surface area contributed by atoms with E-state index in [1.54, 1.807) is 0 Å². The highest BCUT2D eigenvalue weighted by molar-refractivity contribution is 6.16. The summed E-state index contributed by atoms with van der Waals surface area (Å²) in [7, 11) is 2.30. The zero-order valence-corrected chi connectivity index (χ0v) is 14.2. The lowest BCUT2D eigenvalue weighted by molar-refractivity contribution is -0.899. The molecule has 3 heteroatoms. The van der Waals surface area contributed by atoms with Gasteiger partial charge in [-0.15, -0.1) is 0 Å². The van der Waals surface area contributed by atoms with Crippen molar-refractivity contribution in [3.8, 4) is 0 Å². The molecule has 0 aromatic carbocycles. The molecule has 0 aliphatic rings. The van der Waals surface area contributed by atoms with E-state index in [-0.39, 0.29) is 24.0 Å². The second kappa shape index (κ2) is 12.4. The maximum atomic E-state index is 6.07. The summed E-state index contributed by atoms with van der Waals surface area (Å²) < 4.78 is 1.06. The van der Waals surface area contributed by atoms with Gasteiger partial charge in [0, 0.05) is 0 Å². The Morgan fingerprint density at radius 1 is 0.812 bits per heavy atom. The average Bonchev–Trinajstić information content (AvgIpc) is 2.25. The Balaban J connectivity index is 0. The number of quaternary nitrogens is 1. The molecule has 0 aromatic rings. The molecule has 0 amide bonds. The quantitative estimate of drug-likeness (QED) is 0.181. The SMILES string of the molecule is CCCCCC[N+](C)(CCl)CCCCC.[I-]. The van der Waals surface area contributed by atoms with Gasteiger partial charge in [0.15, 0.2) is 6.00 Å². The minimum atomic E-state index is 0. The highest BCUT2D eigenvalue weighted by Gasteiger charge is 2.18. The fourth-order valence-electron chi connectivity index (χ4n) is 1.90. The standard InChI is InChI=1S/C13H29ClN.HI/c1-4-6-8-10-12-15(3,13-14)11-9-7-5-2;/h4-13H2,1-3H3;1H/q+1;/p-1. The van der Waals surface area contributed by atoms with Crippen molar-refractivity contribution in [2.24, 2.45) is 0 Å². The number of nitrogens with zero attached hydrogens (tertiary/aromatic N) is 1. The second-order valence-electron chi connectivity index (χ2n) is 4.95. The normalized spacial score (nSPS) is 14.2. The molecular weight excluding hydrogens is 333 g/mol. The summed E-state index contributed by atoms with van der Waals surface area (Å²) >= 11 is 6.07. The van der Waals surface area contributed by atoms with Crippen LogP contribution < -0.4 is 24.0 Å². The Hall–Kier alpha value is 0.980. The Kier molecular flexibility index (Phi) is 15.0. The first kappa shape index (κ1) is 19.3. The lowest BCUT2D eigenvalue weighted by Crippen LogP contribution is -3.00. The molecule has 1 nitrogen and oxygen atoms in total. The first-order valence-corrected chi connectivity index (χ1v) is 7.11. The zero-order chi connectivity index (χ0) is 11.6. The molecule has 0 saturated heterocycles. The molecule has 100 valence electrons. The minimum Gasteiger partial charge on any atom is -1.00 e. The van der Waals surface area contributed by atoms with Crippen molar-refractivity contribution in [1.82, 2.24) is 0 Å². The van der Waals surface area contributed by atoms with E-state index in [1.165, 1.54) is 58.0 Å². The number of unbranched alkanes of at least 4 members (excludes halogenated alkanes) is 5. The van der Waals surface area contributed by atoms with Gasteiger partial charge < -0.3 is 28.5 Å². The summed E-state index contributed by atoms with van der Waals surface area (Å²) in [5.41, 5.74) is 0. The molecular formula is C13H29ClIN. The van der Waals surface area contributed by atoms with E-state index in [4.69, 9.17) is 11.6 Å². The van der Waals surface area contributed by atoms with Crippen LogP contribution in [0.5, 0.6) is 0 Å². The molecule has 0 saturated carbocycles. The van der Waals surface area contributed by atoms with Gasteiger partial charge in [-0.2, -0.15) is 0 Å². The van der Waals surface area contributed by atoms with Crippen molar-refractivity contribution in [1.29, 1.82) is 0 Å². The topological polar surface area (TPSA) is 0 Å². The largest absolute Gasteiger partial charge is 1.00 e. The van der Waals surface area contributed by atoms with E-state index in [1.807, 2.05) is 0 Å². The van der Waals surface area contributed by atoms with Crippen molar-refractivity contribution in [2.75, 3.05) is 26.1 Å². The van der Waals surface area contributed by atoms with Crippen LogP contribution in [0.3, 0.4) is 0 Å². The smallest absolute Gasteiger partial charge is 0.154 e. The fourth-order valence-corrected chi connectivity index (χ4v) is 2.13. The molecule has 0 heterocycles. The van der Waals surface area contributed by atoms with Gasteiger partial charge >= 0.3 is 0 Å². The predicted octanol–water partition coefficient (Wildman–Crippen LogP) is 1.40. The lowest BCUT2D eigenvalue weighted by Gasteiger charge is -2.32. The first-order valence-electron chi connectivity index (χ1n) is 6.58. The second-order valence-corrected chi connectivity index (χ2v) is 5.19. The molecule has 0 aliphatic carbocycles. The monoisotopic (exact) mass is 361 g/mol. The van der Waals surface area contributed by atoms with Gasteiger partial charge in [0.2, 0.25) is 0 Å². The minimum absolute atomic E-state index is 0. The van der Waals surface area contributed by atoms with Crippen LogP contribution in [0.15, 0.2) is 0 Å². The van der Waals surface area contributed by atoms with Gasteiger partial charge in [-0.3, -0.25) is 0 Å². The van der Waals surface area contributed by atoms with Crippen LogP contribution in [0.1, 0.15) is 58.8 Å². The van der Waals surface area contributed by atoms with E-state index in [9.17, 15) is 0 Å². The van der Waals surface area contributed by atoms with Crippen LogP contribution in [-0.4, -0.2) is 30.6 Å².